The summed E-state index contributed by atoms with van der Waals surface area (Å²) in [5.74, 6) is -0.374. The Morgan fingerprint density at radius 2 is 2.05 bits per heavy atom. The second-order valence-corrected chi connectivity index (χ2v) is 5.01. The van der Waals surface area contributed by atoms with Gasteiger partial charge in [-0.1, -0.05) is 24.3 Å². The van der Waals surface area contributed by atoms with Crippen LogP contribution in [0.5, 0.6) is 0 Å². The van der Waals surface area contributed by atoms with Crippen LogP contribution in [0.15, 0.2) is 30.3 Å². The van der Waals surface area contributed by atoms with E-state index in [-0.39, 0.29) is 5.69 Å². The lowest BCUT2D eigenvalue weighted by atomic mass is 9.91. The van der Waals surface area contributed by atoms with Crippen LogP contribution in [0, 0.1) is 0 Å². The van der Waals surface area contributed by atoms with Gasteiger partial charge in [-0.2, -0.15) is 5.10 Å². The third kappa shape index (κ3) is 2.24. The molecule has 5 nitrogen and oxygen atoms in total. The summed E-state index contributed by atoms with van der Waals surface area (Å²) in [6.07, 6.45) is 0. The molecule has 2 N–H and O–H groups in total. The summed E-state index contributed by atoms with van der Waals surface area (Å²) < 4.78 is 0. The molecule has 0 spiro atoms. The molecule has 3 rings (SSSR count). The summed E-state index contributed by atoms with van der Waals surface area (Å²) in [4.78, 5) is 13.1. The number of carboxylic acids is 1. The number of carbonyl (C=O) groups is 1. The topological polar surface area (TPSA) is 69.2 Å². The predicted molar refractivity (Wildman–Crippen MR) is 71.2 cm³/mol. The molecule has 2 aromatic rings. The predicted octanol–water partition coefficient (Wildman–Crippen LogP) is 1.80. The molecule has 0 saturated carbocycles. The fraction of sp³-hybridized carbons (Fsp3) is 0.286. The minimum Gasteiger partial charge on any atom is -0.477 e. The van der Waals surface area contributed by atoms with Crippen LogP contribution in [0.3, 0.4) is 0 Å². The third-order valence-electron chi connectivity index (χ3n) is 3.55. The normalized spacial score (nSPS) is 16.3. The average Bonchev–Trinajstić information content (AvgIpc) is 2.85. The number of aromatic carboxylic acids is 1. The van der Waals surface area contributed by atoms with E-state index in [1.807, 2.05) is 12.1 Å². The van der Waals surface area contributed by atoms with E-state index in [0.717, 1.165) is 18.7 Å². The van der Waals surface area contributed by atoms with Crippen molar-refractivity contribution in [3.63, 3.8) is 0 Å². The molecule has 0 radical (unpaired) electrons. The maximum Gasteiger partial charge on any atom is 0.353 e. The highest BCUT2D eigenvalue weighted by Gasteiger charge is 2.24. The van der Waals surface area contributed by atoms with E-state index < -0.39 is 5.97 Å². The van der Waals surface area contributed by atoms with Crippen LogP contribution in [-0.2, 0) is 0 Å². The fourth-order valence-electron chi connectivity index (χ4n) is 2.41. The van der Waals surface area contributed by atoms with Gasteiger partial charge in [0.2, 0.25) is 0 Å². The van der Waals surface area contributed by atoms with Crippen molar-refractivity contribution in [3.8, 4) is 11.3 Å². The highest BCUT2D eigenvalue weighted by atomic mass is 16.4. The van der Waals surface area contributed by atoms with Gasteiger partial charge >= 0.3 is 5.97 Å². The quantitative estimate of drug-likeness (QED) is 0.879. The third-order valence-corrected chi connectivity index (χ3v) is 3.55. The lowest BCUT2D eigenvalue weighted by Gasteiger charge is -2.36. The molecule has 2 heterocycles. The van der Waals surface area contributed by atoms with Crippen molar-refractivity contribution in [2.75, 3.05) is 20.1 Å². The number of likely N-dealkylation sites (N-methyl/N-ethyl adjacent to an activating group) is 1. The monoisotopic (exact) mass is 257 g/mol. The zero-order valence-corrected chi connectivity index (χ0v) is 10.6. The molecule has 1 saturated heterocycles. The zero-order valence-electron chi connectivity index (χ0n) is 10.6. The number of hydrogen-bond donors (Lipinski definition) is 2. The number of H-pyrrole nitrogens is 1. The molecule has 19 heavy (non-hydrogen) atoms. The molecule has 0 bridgehead atoms. The van der Waals surface area contributed by atoms with Gasteiger partial charge in [0, 0.05) is 24.6 Å². The Bertz CT molecular complexity index is 597. The van der Waals surface area contributed by atoms with Crippen LogP contribution in [0.4, 0.5) is 0 Å². The lowest BCUT2D eigenvalue weighted by Crippen LogP contribution is -2.41. The van der Waals surface area contributed by atoms with Crippen LogP contribution in [-0.4, -0.2) is 46.3 Å². The number of carboxylic acid groups (broad SMARTS) is 1. The van der Waals surface area contributed by atoms with Crippen LogP contribution in [0.25, 0.3) is 11.3 Å². The Morgan fingerprint density at radius 3 is 2.58 bits per heavy atom. The molecule has 0 amide bonds. The number of nitrogens with zero attached hydrogens (tertiary/aromatic N) is 2. The molecule has 1 aliphatic rings. The number of aromatic nitrogens is 2. The highest BCUT2D eigenvalue weighted by molar-refractivity contribution is 5.86. The molecule has 0 unspecified atom stereocenters. The molecule has 98 valence electrons. The Labute approximate surface area is 110 Å². The van der Waals surface area contributed by atoms with Gasteiger partial charge in [0.05, 0.1) is 5.69 Å². The van der Waals surface area contributed by atoms with Crippen LogP contribution < -0.4 is 0 Å². The number of hydrogen-bond acceptors (Lipinski definition) is 3. The van der Waals surface area contributed by atoms with E-state index in [4.69, 9.17) is 5.11 Å². The first-order valence-electron chi connectivity index (χ1n) is 6.21. The summed E-state index contributed by atoms with van der Waals surface area (Å²) in [6.45, 7) is 2.20. The Morgan fingerprint density at radius 1 is 1.37 bits per heavy atom. The number of aromatic amines is 1. The van der Waals surface area contributed by atoms with Gasteiger partial charge in [-0.25, -0.2) is 4.79 Å². The summed E-state index contributed by atoms with van der Waals surface area (Å²) in [7, 11) is 2.11. The van der Waals surface area contributed by atoms with E-state index in [9.17, 15) is 4.79 Å². The maximum absolute atomic E-state index is 10.8. The fourth-order valence-corrected chi connectivity index (χ4v) is 2.41. The number of benzene rings is 1. The summed E-state index contributed by atoms with van der Waals surface area (Å²) >= 11 is 0. The van der Waals surface area contributed by atoms with Crippen molar-refractivity contribution in [1.82, 2.24) is 15.1 Å². The Hall–Kier alpha value is -2.14. The minimum atomic E-state index is -0.993. The molecule has 1 aromatic heterocycles. The summed E-state index contributed by atoms with van der Waals surface area (Å²) in [5.41, 5.74) is 3.03. The van der Waals surface area contributed by atoms with Crippen molar-refractivity contribution in [3.05, 3.63) is 41.6 Å². The molecule has 5 heteroatoms. The van der Waals surface area contributed by atoms with Crippen molar-refractivity contribution in [2.24, 2.45) is 0 Å². The van der Waals surface area contributed by atoms with E-state index >= 15 is 0 Å². The van der Waals surface area contributed by atoms with Crippen LogP contribution in [0.2, 0.25) is 0 Å². The van der Waals surface area contributed by atoms with Crippen molar-refractivity contribution >= 4 is 5.97 Å². The molecule has 1 aliphatic heterocycles. The second-order valence-electron chi connectivity index (χ2n) is 5.01. The molecule has 1 fully saturated rings. The molecular formula is C14H15N3O2. The number of nitrogens with one attached hydrogen (secondary N) is 1. The van der Waals surface area contributed by atoms with E-state index in [2.05, 4.69) is 34.3 Å². The van der Waals surface area contributed by atoms with Gasteiger partial charge in [0.25, 0.3) is 0 Å². The van der Waals surface area contributed by atoms with Gasteiger partial charge in [-0.15, -0.1) is 0 Å². The van der Waals surface area contributed by atoms with Crippen molar-refractivity contribution in [1.29, 1.82) is 0 Å². The Kier molecular flexibility index (Phi) is 2.83. The first-order valence-corrected chi connectivity index (χ1v) is 6.21. The van der Waals surface area contributed by atoms with Crippen molar-refractivity contribution < 1.29 is 9.90 Å². The Balaban J connectivity index is 1.79. The largest absolute Gasteiger partial charge is 0.477 e. The van der Waals surface area contributed by atoms with E-state index in [1.54, 1.807) is 6.07 Å². The smallest absolute Gasteiger partial charge is 0.353 e. The minimum absolute atomic E-state index is 0.111. The summed E-state index contributed by atoms with van der Waals surface area (Å²) in [6, 6.07) is 9.74. The second kappa shape index (κ2) is 4.51. The van der Waals surface area contributed by atoms with Gasteiger partial charge in [0.15, 0.2) is 0 Å². The average molecular weight is 257 g/mol. The van der Waals surface area contributed by atoms with E-state index in [1.165, 1.54) is 5.56 Å². The SMILES string of the molecule is CN1CC(c2ccc(-c3cc(C(=O)O)[nH]n3)cc2)C1. The first kappa shape index (κ1) is 11.9. The summed E-state index contributed by atoms with van der Waals surface area (Å²) in [5, 5.41) is 15.4. The van der Waals surface area contributed by atoms with Crippen LogP contribution >= 0.6 is 0 Å². The van der Waals surface area contributed by atoms with Crippen molar-refractivity contribution in [2.45, 2.75) is 5.92 Å². The van der Waals surface area contributed by atoms with E-state index in [0.29, 0.717) is 11.6 Å². The van der Waals surface area contributed by atoms with Gasteiger partial charge in [-0.05, 0) is 18.7 Å². The molecule has 0 aliphatic carbocycles. The van der Waals surface area contributed by atoms with Gasteiger partial charge < -0.3 is 10.0 Å². The molecular weight excluding hydrogens is 242 g/mol. The standard InChI is InChI=1S/C14H15N3O2/c1-17-7-11(8-17)9-2-4-10(5-3-9)12-6-13(14(18)19)16-15-12/h2-6,11H,7-8H2,1H3,(H,15,16)(H,18,19). The molecule has 1 aromatic carbocycles. The van der Waals surface area contributed by atoms with Gasteiger partial charge in [0.1, 0.15) is 5.69 Å². The highest BCUT2D eigenvalue weighted by Crippen LogP contribution is 2.27. The zero-order chi connectivity index (χ0) is 13.4. The first-order chi connectivity index (χ1) is 9.13. The maximum atomic E-state index is 10.8. The van der Waals surface area contributed by atoms with Gasteiger partial charge in [-0.3, -0.25) is 5.10 Å². The number of rotatable bonds is 3. The lowest BCUT2D eigenvalue weighted by molar-refractivity contribution is 0.0690. The number of likely N-dealkylation sites (tertiary alicyclic amines) is 1. The van der Waals surface area contributed by atoms with Crippen LogP contribution in [0.1, 0.15) is 22.0 Å². The molecule has 0 atom stereocenters.